The number of carbonyl (C=O) groups excluding carboxylic acids is 3. The summed E-state index contributed by atoms with van der Waals surface area (Å²) < 4.78 is 11.5. The van der Waals surface area contributed by atoms with Gasteiger partial charge in [0.05, 0.1) is 18.4 Å². The summed E-state index contributed by atoms with van der Waals surface area (Å²) in [4.78, 5) is 42.8. The van der Waals surface area contributed by atoms with E-state index < -0.39 is 29.7 Å². The van der Waals surface area contributed by atoms with Crippen molar-refractivity contribution < 1.29 is 23.9 Å². The number of hydrogen-bond donors (Lipinski definition) is 3. The highest BCUT2D eigenvalue weighted by molar-refractivity contribution is 5.91. The van der Waals surface area contributed by atoms with Gasteiger partial charge in [0.1, 0.15) is 17.7 Å². The largest absolute Gasteiger partial charge is 0.444 e. The van der Waals surface area contributed by atoms with Crippen LogP contribution in [0.2, 0.25) is 0 Å². The average Bonchev–Trinajstić information content (AvgIpc) is 2.92. The number of fused-ring (bicyclic) bond motifs is 1. The Morgan fingerprint density at radius 3 is 2.54 bits per heavy atom. The minimum atomic E-state index is -0.841. The van der Waals surface area contributed by atoms with E-state index in [4.69, 9.17) is 9.47 Å². The van der Waals surface area contributed by atoms with Crippen LogP contribution in [0.5, 0.6) is 0 Å². The Labute approximate surface area is 243 Å². The lowest BCUT2D eigenvalue weighted by Crippen LogP contribution is -2.60. The Bertz CT molecular complexity index is 1240. The summed E-state index contributed by atoms with van der Waals surface area (Å²) in [7, 11) is 0. The molecule has 1 aromatic heterocycles. The van der Waals surface area contributed by atoms with Crippen LogP contribution < -0.4 is 16.1 Å². The fourth-order valence-electron chi connectivity index (χ4n) is 4.61. The van der Waals surface area contributed by atoms with Crippen LogP contribution in [-0.2, 0) is 19.1 Å². The molecule has 3 N–H and O–H groups in total. The molecule has 1 fully saturated rings. The van der Waals surface area contributed by atoms with Gasteiger partial charge < -0.3 is 20.1 Å². The lowest BCUT2D eigenvalue weighted by atomic mass is 10.0. The first-order valence-electron chi connectivity index (χ1n) is 14.3. The first kappa shape index (κ1) is 32.0. The van der Waals surface area contributed by atoms with E-state index in [-0.39, 0.29) is 24.0 Å². The maximum atomic E-state index is 13.2. The Balaban J connectivity index is 1.53. The van der Waals surface area contributed by atoms with Crippen LogP contribution in [0.4, 0.5) is 4.79 Å². The zero-order chi connectivity index (χ0) is 30.3. The highest BCUT2D eigenvalue weighted by Gasteiger charge is 2.32. The third kappa shape index (κ3) is 9.26. The van der Waals surface area contributed by atoms with Gasteiger partial charge in [0, 0.05) is 24.2 Å². The zero-order valence-corrected chi connectivity index (χ0v) is 25.3. The molecule has 2 heterocycles. The molecular formula is C31H45N5O5. The Morgan fingerprint density at radius 2 is 1.88 bits per heavy atom. The monoisotopic (exact) mass is 567 g/mol. The standard InChI is InChI=1S/C31H45N5O5/c1-9-25-16-24-15-22(12-13-23(24)17-32-25)21(5)40-18-26-11-10-14-36(35-26)29(38)20(4)33-28(37)27(19(2)3)34-30(39)41-31(6,7)8/h9,12-13,15-17,19-21,26-27,35H,1,10-11,14,18H2,2-8H3,(H,33,37)(H,34,39). The molecule has 4 unspecified atom stereocenters. The fraction of sp³-hybridized carbons (Fsp3) is 0.548. The smallest absolute Gasteiger partial charge is 0.408 e. The molecule has 41 heavy (non-hydrogen) atoms. The van der Waals surface area contributed by atoms with Crippen molar-refractivity contribution in [2.24, 2.45) is 5.92 Å². The zero-order valence-electron chi connectivity index (χ0n) is 25.3. The van der Waals surface area contributed by atoms with Crippen LogP contribution in [0.15, 0.2) is 37.0 Å². The van der Waals surface area contributed by atoms with Crippen LogP contribution in [0.1, 0.15) is 78.7 Å². The predicted molar refractivity (Wildman–Crippen MR) is 160 cm³/mol. The molecule has 3 rings (SSSR count). The van der Waals surface area contributed by atoms with E-state index in [1.807, 2.05) is 45.2 Å². The van der Waals surface area contributed by atoms with Crippen molar-refractivity contribution in [1.29, 1.82) is 0 Å². The van der Waals surface area contributed by atoms with Gasteiger partial charge in [-0.25, -0.2) is 10.2 Å². The topological polar surface area (TPSA) is 122 Å². The van der Waals surface area contributed by atoms with E-state index in [0.717, 1.165) is 34.9 Å². The van der Waals surface area contributed by atoms with E-state index in [2.05, 4.69) is 33.7 Å². The first-order valence-corrected chi connectivity index (χ1v) is 14.3. The van der Waals surface area contributed by atoms with Crippen molar-refractivity contribution in [2.45, 2.75) is 91.1 Å². The summed E-state index contributed by atoms with van der Waals surface area (Å²) in [5.74, 6) is -0.898. The molecule has 0 saturated carbocycles. The molecule has 0 spiro atoms. The van der Waals surface area contributed by atoms with Crippen molar-refractivity contribution in [3.63, 3.8) is 0 Å². The molecule has 0 aliphatic carbocycles. The van der Waals surface area contributed by atoms with Crippen LogP contribution in [0.25, 0.3) is 16.8 Å². The number of ether oxygens (including phenoxy) is 2. The number of nitrogens with one attached hydrogen (secondary N) is 3. The van der Waals surface area contributed by atoms with Crippen LogP contribution in [0.3, 0.4) is 0 Å². The Kier molecular flexibility index (Phi) is 10.9. The molecule has 0 bridgehead atoms. The normalized spacial score (nSPS) is 18.0. The summed E-state index contributed by atoms with van der Waals surface area (Å²) in [5.41, 5.74) is 4.46. The van der Waals surface area contributed by atoms with Gasteiger partial charge in [-0.2, -0.15) is 0 Å². The van der Waals surface area contributed by atoms with Gasteiger partial charge in [-0.3, -0.25) is 19.6 Å². The molecular weight excluding hydrogens is 522 g/mol. The second kappa shape index (κ2) is 13.9. The average molecular weight is 568 g/mol. The second-order valence-electron chi connectivity index (χ2n) is 12.0. The van der Waals surface area contributed by atoms with Crippen molar-refractivity contribution >= 4 is 34.8 Å². The number of carbonyl (C=O) groups is 3. The summed E-state index contributed by atoms with van der Waals surface area (Å²) in [6.45, 7) is 17.3. The van der Waals surface area contributed by atoms with Crippen molar-refractivity contribution in [1.82, 2.24) is 26.1 Å². The molecule has 10 heteroatoms. The third-order valence-electron chi connectivity index (χ3n) is 6.88. The SMILES string of the molecule is C=Cc1cc2cc(C(C)OCC3CCCN(C(=O)C(C)NC(=O)C(NC(=O)OC(C)(C)C)C(C)C)N3)ccc2cn1. The van der Waals surface area contributed by atoms with Gasteiger partial charge in [-0.1, -0.05) is 32.6 Å². The van der Waals surface area contributed by atoms with Crippen LogP contribution in [0, 0.1) is 5.92 Å². The minimum Gasteiger partial charge on any atom is -0.444 e. The van der Waals surface area contributed by atoms with Gasteiger partial charge in [-0.15, -0.1) is 0 Å². The third-order valence-corrected chi connectivity index (χ3v) is 6.88. The fourth-order valence-corrected chi connectivity index (χ4v) is 4.61. The van der Waals surface area contributed by atoms with Crippen molar-refractivity contribution in [3.05, 3.63) is 48.3 Å². The summed E-state index contributed by atoms with van der Waals surface area (Å²) >= 11 is 0. The number of amides is 3. The van der Waals surface area contributed by atoms with E-state index in [0.29, 0.717) is 13.2 Å². The quantitative estimate of drug-likeness (QED) is 0.386. The first-order chi connectivity index (χ1) is 19.3. The summed E-state index contributed by atoms with van der Waals surface area (Å²) in [6.07, 6.45) is 4.41. The lowest BCUT2D eigenvalue weighted by Gasteiger charge is -2.36. The second-order valence-corrected chi connectivity index (χ2v) is 12.0. The number of hydrogen-bond acceptors (Lipinski definition) is 7. The van der Waals surface area contributed by atoms with E-state index in [1.165, 1.54) is 0 Å². The molecule has 0 radical (unpaired) electrons. The molecule has 2 aromatic rings. The number of pyridine rings is 1. The number of rotatable bonds is 10. The van der Waals surface area contributed by atoms with E-state index in [9.17, 15) is 14.4 Å². The van der Waals surface area contributed by atoms with Gasteiger partial charge in [-0.05, 0) is 82.5 Å². The van der Waals surface area contributed by atoms with Crippen LogP contribution in [-0.4, -0.2) is 64.8 Å². The van der Waals surface area contributed by atoms with Gasteiger partial charge in [0.15, 0.2) is 0 Å². The van der Waals surface area contributed by atoms with Gasteiger partial charge >= 0.3 is 6.09 Å². The number of nitrogens with zero attached hydrogens (tertiary/aromatic N) is 2. The molecule has 1 saturated heterocycles. The molecule has 4 atom stereocenters. The number of hydrazine groups is 1. The Hall–Kier alpha value is -3.50. The molecule has 10 nitrogen and oxygen atoms in total. The summed E-state index contributed by atoms with van der Waals surface area (Å²) in [6, 6.07) is 6.50. The minimum absolute atomic E-state index is 0.0488. The van der Waals surface area contributed by atoms with E-state index >= 15 is 0 Å². The highest BCUT2D eigenvalue weighted by atomic mass is 16.6. The maximum absolute atomic E-state index is 13.2. The van der Waals surface area contributed by atoms with Crippen LogP contribution >= 0.6 is 0 Å². The molecule has 1 aliphatic heterocycles. The van der Waals surface area contributed by atoms with E-state index in [1.54, 1.807) is 38.8 Å². The van der Waals surface area contributed by atoms with Crippen molar-refractivity contribution in [3.8, 4) is 0 Å². The molecule has 1 aliphatic rings. The molecule has 1 aromatic carbocycles. The maximum Gasteiger partial charge on any atom is 0.408 e. The Morgan fingerprint density at radius 1 is 1.15 bits per heavy atom. The number of aromatic nitrogens is 1. The lowest BCUT2D eigenvalue weighted by molar-refractivity contribution is -0.142. The molecule has 3 amide bonds. The van der Waals surface area contributed by atoms with Gasteiger partial charge in [0.2, 0.25) is 5.91 Å². The summed E-state index contributed by atoms with van der Waals surface area (Å²) in [5, 5.41) is 9.06. The predicted octanol–water partition coefficient (Wildman–Crippen LogP) is 4.51. The number of alkyl carbamates (subject to hydrolysis) is 1. The number of benzene rings is 1. The van der Waals surface area contributed by atoms with Crippen molar-refractivity contribution in [2.75, 3.05) is 13.2 Å². The highest BCUT2D eigenvalue weighted by Crippen LogP contribution is 2.24. The van der Waals surface area contributed by atoms with Gasteiger partial charge in [0.25, 0.3) is 5.91 Å². The molecule has 224 valence electrons.